The molecule has 1 saturated heterocycles. The minimum Gasteiger partial charge on any atom is -0.346 e. The van der Waals surface area contributed by atoms with Gasteiger partial charge in [-0.15, -0.1) is 0 Å². The lowest BCUT2D eigenvalue weighted by molar-refractivity contribution is 0.267. The number of hydrogen-bond donors (Lipinski definition) is 1. The molecule has 0 saturated carbocycles. The first-order valence-corrected chi connectivity index (χ1v) is 9.89. The van der Waals surface area contributed by atoms with Crippen LogP contribution < -0.4 is 5.32 Å². The first kappa shape index (κ1) is 19.6. The van der Waals surface area contributed by atoms with E-state index >= 15 is 0 Å². The maximum Gasteiger partial charge on any atom is 0.249 e. The Kier molecular flexibility index (Phi) is 5.68. The van der Waals surface area contributed by atoms with Crippen LogP contribution in [-0.4, -0.2) is 48.9 Å². The van der Waals surface area contributed by atoms with Gasteiger partial charge >= 0.3 is 0 Å². The number of halogens is 3. The molecule has 3 rings (SSSR count). The summed E-state index contributed by atoms with van der Waals surface area (Å²) in [6.45, 7) is 0.563. The van der Waals surface area contributed by atoms with Gasteiger partial charge in [-0.3, -0.25) is 0 Å². The summed E-state index contributed by atoms with van der Waals surface area (Å²) in [5.74, 6) is -2.61. The average molecular weight is 415 g/mol. The van der Waals surface area contributed by atoms with Crippen LogP contribution in [0.25, 0.3) is 0 Å². The van der Waals surface area contributed by atoms with Crippen LogP contribution in [-0.2, 0) is 10.0 Å². The van der Waals surface area contributed by atoms with Crippen LogP contribution >= 0.6 is 12.2 Å². The Balaban J connectivity index is 1.66. The smallest absolute Gasteiger partial charge is 0.249 e. The zero-order valence-corrected chi connectivity index (χ0v) is 15.7. The molecule has 1 N–H and O–H groups in total. The molecule has 5 nitrogen and oxygen atoms in total. The topological polar surface area (TPSA) is 52.7 Å². The van der Waals surface area contributed by atoms with Crippen molar-refractivity contribution >= 4 is 33.0 Å². The molecule has 0 atom stereocenters. The summed E-state index contributed by atoms with van der Waals surface area (Å²) in [7, 11) is -4.28. The lowest BCUT2D eigenvalue weighted by Gasteiger charge is -2.35. The Bertz CT molecular complexity index is 924. The van der Waals surface area contributed by atoms with Gasteiger partial charge in [-0.05, 0) is 48.6 Å². The average Bonchev–Trinajstić information content (AvgIpc) is 2.63. The monoisotopic (exact) mass is 415 g/mol. The molecule has 0 spiro atoms. The van der Waals surface area contributed by atoms with Crippen LogP contribution in [0.15, 0.2) is 47.4 Å². The molecule has 1 heterocycles. The largest absolute Gasteiger partial charge is 0.346 e. The van der Waals surface area contributed by atoms with E-state index in [4.69, 9.17) is 12.2 Å². The van der Waals surface area contributed by atoms with Crippen LogP contribution in [0.1, 0.15) is 0 Å². The minimum absolute atomic E-state index is 0.0291. The predicted octanol–water partition coefficient (Wildman–Crippen LogP) is 2.81. The van der Waals surface area contributed by atoms with Gasteiger partial charge in [0.1, 0.15) is 17.5 Å². The van der Waals surface area contributed by atoms with E-state index in [0.717, 1.165) is 22.5 Å². The van der Waals surface area contributed by atoms with Crippen molar-refractivity contribution < 1.29 is 21.6 Å². The number of rotatable bonds is 3. The maximum absolute atomic E-state index is 13.9. The third-order valence-electron chi connectivity index (χ3n) is 4.14. The summed E-state index contributed by atoms with van der Waals surface area (Å²) in [5.41, 5.74) is 0.602. The molecule has 27 heavy (non-hydrogen) atoms. The third kappa shape index (κ3) is 4.23. The number of nitrogens with zero attached hydrogens (tertiary/aromatic N) is 2. The SMILES string of the molecule is O=S(=O)(c1c(F)cccc1F)N1CCN(C(=S)Nc2ccc(F)cc2)CC1. The van der Waals surface area contributed by atoms with Crippen LogP contribution in [0.4, 0.5) is 18.9 Å². The van der Waals surface area contributed by atoms with E-state index < -0.39 is 26.6 Å². The molecule has 0 unspecified atom stereocenters. The second kappa shape index (κ2) is 7.83. The van der Waals surface area contributed by atoms with Gasteiger partial charge in [-0.25, -0.2) is 21.6 Å². The predicted molar refractivity (Wildman–Crippen MR) is 99.3 cm³/mol. The first-order valence-electron chi connectivity index (χ1n) is 8.05. The summed E-state index contributed by atoms with van der Waals surface area (Å²) in [4.78, 5) is 0.799. The molecule has 1 fully saturated rings. The summed E-state index contributed by atoms with van der Waals surface area (Å²) < 4.78 is 66.8. The fourth-order valence-electron chi connectivity index (χ4n) is 2.73. The summed E-state index contributed by atoms with van der Waals surface area (Å²) in [6, 6.07) is 8.58. The van der Waals surface area contributed by atoms with Crippen molar-refractivity contribution in [1.29, 1.82) is 0 Å². The van der Waals surface area contributed by atoms with E-state index in [9.17, 15) is 21.6 Å². The van der Waals surface area contributed by atoms with E-state index in [1.54, 1.807) is 4.90 Å². The summed E-state index contributed by atoms with van der Waals surface area (Å²) in [5, 5.41) is 3.30. The Hall–Kier alpha value is -2.17. The lowest BCUT2D eigenvalue weighted by Crippen LogP contribution is -2.51. The van der Waals surface area contributed by atoms with E-state index in [1.807, 2.05) is 0 Å². The highest BCUT2D eigenvalue weighted by Gasteiger charge is 2.33. The number of hydrogen-bond acceptors (Lipinski definition) is 3. The molecule has 0 aromatic heterocycles. The van der Waals surface area contributed by atoms with E-state index in [2.05, 4.69) is 5.32 Å². The molecule has 0 bridgehead atoms. The van der Waals surface area contributed by atoms with Gasteiger partial charge in [0.05, 0.1) is 0 Å². The Morgan fingerprint density at radius 1 is 0.926 bits per heavy atom. The third-order valence-corrected chi connectivity index (χ3v) is 6.45. The van der Waals surface area contributed by atoms with Crippen LogP contribution in [0.3, 0.4) is 0 Å². The van der Waals surface area contributed by atoms with Crippen molar-refractivity contribution in [1.82, 2.24) is 9.21 Å². The van der Waals surface area contributed by atoms with Gasteiger partial charge in [0.25, 0.3) is 0 Å². The van der Waals surface area contributed by atoms with E-state index in [-0.39, 0.29) is 32.0 Å². The van der Waals surface area contributed by atoms with Crippen LogP contribution in [0, 0.1) is 17.5 Å². The van der Waals surface area contributed by atoms with Crippen molar-refractivity contribution in [3.05, 3.63) is 59.9 Å². The first-order chi connectivity index (χ1) is 12.8. The Morgan fingerprint density at radius 3 is 2.04 bits per heavy atom. The second-order valence-electron chi connectivity index (χ2n) is 5.88. The Morgan fingerprint density at radius 2 is 1.48 bits per heavy atom. The zero-order chi connectivity index (χ0) is 19.6. The minimum atomic E-state index is -4.28. The van der Waals surface area contributed by atoms with Gasteiger partial charge < -0.3 is 10.2 Å². The highest BCUT2D eigenvalue weighted by Crippen LogP contribution is 2.23. The second-order valence-corrected chi connectivity index (χ2v) is 8.14. The molecule has 10 heteroatoms. The summed E-state index contributed by atoms with van der Waals surface area (Å²) in [6.07, 6.45) is 0. The maximum atomic E-state index is 13.9. The molecule has 1 aliphatic rings. The standard InChI is InChI=1S/C17H16F3N3O2S2/c18-12-4-6-13(7-5-12)21-17(26)22-8-10-23(11-9-22)27(24,25)16-14(19)2-1-3-15(16)20/h1-7H,8-11H2,(H,21,26). The van der Waals surface area contributed by atoms with Crippen molar-refractivity contribution in [3.63, 3.8) is 0 Å². The molecule has 144 valence electrons. The summed E-state index contributed by atoms with van der Waals surface area (Å²) >= 11 is 5.29. The van der Waals surface area contributed by atoms with E-state index in [1.165, 1.54) is 24.3 Å². The molecule has 0 aliphatic carbocycles. The van der Waals surface area contributed by atoms with Crippen molar-refractivity contribution in [2.45, 2.75) is 4.90 Å². The van der Waals surface area contributed by atoms with Crippen LogP contribution in [0.2, 0.25) is 0 Å². The number of benzene rings is 2. The van der Waals surface area contributed by atoms with Gasteiger partial charge in [-0.2, -0.15) is 4.31 Å². The highest BCUT2D eigenvalue weighted by atomic mass is 32.2. The van der Waals surface area contributed by atoms with Gasteiger partial charge in [-0.1, -0.05) is 6.07 Å². The highest BCUT2D eigenvalue weighted by molar-refractivity contribution is 7.89. The fraction of sp³-hybridized carbons (Fsp3) is 0.235. The molecule has 2 aromatic carbocycles. The van der Waals surface area contributed by atoms with Gasteiger partial charge in [0, 0.05) is 31.9 Å². The number of anilines is 1. The number of sulfonamides is 1. The van der Waals surface area contributed by atoms with Crippen molar-refractivity contribution in [3.8, 4) is 0 Å². The molecular formula is C17H16F3N3O2S2. The van der Waals surface area contributed by atoms with Crippen molar-refractivity contribution in [2.24, 2.45) is 0 Å². The van der Waals surface area contributed by atoms with Crippen molar-refractivity contribution in [2.75, 3.05) is 31.5 Å². The molecule has 1 aliphatic heterocycles. The quantitative estimate of drug-likeness (QED) is 0.782. The van der Waals surface area contributed by atoms with Crippen LogP contribution in [0.5, 0.6) is 0 Å². The van der Waals surface area contributed by atoms with Gasteiger partial charge in [0.2, 0.25) is 10.0 Å². The number of thiocarbonyl (C=S) groups is 1. The van der Waals surface area contributed by atoms with Gasteiger partial charge in [0.15, 0.2) is 10.0 Å². The number of nitrogens with one attached hydrogen (secondary N) is 1. The molecular weight excluding hydrogens is 399 g/mol. The number of piperazine rings is 1. The molecule has 2 aromatic rings. The molecule has 0 radical (unpaired) electrons. The Labute approximate surface area is 160 Å². The normalized spacial score (nSPS) is 15.6. The lowest BCUT2D eigenvalue weighted by atomic mass is 10.3. The fourth-order valence-corrected chi connectivity index (χ4v) is 4.56. The molecule has 0 amide bonds. The zero-order valence-electron chi connectivity index (χ0n) is 14.0. The van der Waals surface area contributed by atoms with E-state index in [0.29, 0.717) is 10.8 Å².